The second kappa shape index (κ2) is 11.2. The molecule has 0 spiro atoms. The fourth-order valence-electron chi connectivity index (χ4n) is 4.12. The van der Waals surface area contributed by atoms with Crippen LogP contribution in [0.4, 0.5) is 5.69 Å². The average Bonchev–Trinajstić information content (AvgIpc) is 3.68. The van der Waals surface area contributed by atoms with Crippen molar-refractivity contribution in [2.24, 2.45) is 0 Å². The minimum absolute atomic E-state index is 0.0396. The summed E-state index contributed by atoms with van der Waals surface area (Å²) in [6.45, 7) is 3.67. The van der Waals surface area contributed by atoms with E-state index in [1.54, 1.807) is 43.3 Å². The monoisotopic (exact) mass is 584 g/mol. The van der Waals surface area contributed by atoms with Crippen LogP contribution in [-0.2, 0) is 36.3 Å². The predicted molar refractivity (Wildman–Crippen MR) is 146 cm³/mol. The molecule has 7 nitrogen and oxygen atoms in total. The Balaban J connectivity index is 1.51. The predicted octanol–water partition coefficient (Wildman–Crippen LogP) is 5.18. The Bertz CT molecular complexity index is 1370. The average molecular weight is 586 g/mol. The number of aryl methyl sites for hydroxylation is 1. The van der Waals surface area contributed by atoms with E-state index in [2.05, 4.69) is 21.2 Å². The molecule has 3 aromatic carbocycles. The number of ether oxygens (including phenoxy) is 1. The van der Waals surface area contributed by atoms with Crippen molar-refractivity contribution in [3.05, 3.63) is 94.0 Å². The largest absolute Gasteiger partial charge is 0.465 e. The first-order chi connectivity index (χ1) is 17.6. The Labute approximate surface area is 226 Å². The van der Waals surface area contributed by atoms with Gasteiger partial charge in [0, 0.05) is 16.7 Å². The lowest BCUT2D eigenvalue weighted by Gasteiger charge is -2.22. The Hall–Kier alpha value is -3.01. The molecule has 194 valence electrons. The van der Waals surface area contributed by atoms with Crippen LogP contribution in [0.2, 0.25) is 0 Å². The van der Waals surface area contributed by atoms with Gasteiger partial charge in [-0.1, -0.05) is 57.9 Å². The van der Waals surface area contributed by atoms with Gasteiger partial charge in [0.15, 0.2) is 0 Å². The highest BCUT2D eigenvalue weighted by atomic mass is 79.9. The van der Waals surface area contributed by atoms with Crippen LogP contribution < -0.4 is 5.32 Å². The molecule has 1 N–H and O–H groups in total. The van der Waals surface area contributed by atoms with Crippen LogP contribution in [0.25, 0.3) is 0 Å². The van der Waals surface area contributed by atoms with E-state index in [9.17, 15) is 18.0 Å². The summed E-state index contributed by atoms with van der Waals surface area (Å²) in [5.41, 5.74) is 2.47. The molecule has 0 aromatic heterocycles. The quantitative estimate of drug-likeness (QED) is 0.331. The number of anilines is 1. The molecule has 0 aliphatic heterocycles. The molecule has 0 unspecified atom stereocenters. The molecule has 0 bridgehead atoms. The number of carbonyl (C=O) groups is 2. The zero-order chi connectivity index (χ0) is 26.6. The summed E-state index contributed by atoms with van der Waals surface area (Å²) in [5, 5.41) is 2.78. The fourth-order valence-corrected chi connectivity index (χ4v) is 5.77. The first-order valence-electron chi connectivity index (χ1n) is 12.0. The molecule has 1 amide bonds. The van der Waals surface area contributed by atoms with Crippen LogP contribution >= 0.6 is 15.9 Å². The summed E-state index contributed by atoms with van der Waals surface area (Å²) >= 11 is 3.39. The molecule has 1 aliphatic carbocycles. The van der Waals surface area contributed by atoms with Crippen molar-refractivity contribution in [2.75, 3.05) is 18.5 Å². The van der Waals surface area contributed by atoms with Gasteiger partial charge in [0.25, 0.3) is 0 Å². The summed E-state index contributed by atoms with van der Waals surface area (Å²) in [6, 6.07) is 20.9. The molecule has 3 aromatic rings. The van der Waals surface area contributed by atoms with Crippen LogP contribution in [0.1, 0.15) is 36.5 Å². The maximum atomic E-state index is 13.5. The first-order valence-corrected chi connectivity index (χ1v) is 14.3. The number of esters is 1. The van der Waals surface area contributed by atoms with Gasteiger partial charge in [-0.2, -0.15) is 4.31 Å². The van der Waals surface area contributed by atoms with E-state index in [-0.39, 0.29) is 24.0 Å². The van der Waals surface area contributed by atoms with Crippen LogP contribution in [0.3, 0.4) is 0 Å². The summed E-state index contributed by atoms with van der Waals surface area (Å²) < 4.78 is 34.2. The van der Waals surface area contributed by atoms with Crippen molar-refractivity contribution in [3.63, 3.8) is 0 Å². The summed E-state index contributed by atoms with van der Waals surface area (Å²) in [4.78, 5) is 25.5. The van der Waals surface area contributed by atoms with Crippen molar-refractivity contribution < 1.29 is 22.7 Å². The highest BCUT2D eigenvalue weighted by molar-refractivity contribution is 9.10. The number of hydrogen-bond acceptors (Lipinski definition) is 5. The number of nitrogens with zero attached hydrogens (tertiary/aromatic N) is 1. The molecule has 0 radical (unpaired) electrons. The van der Waals surface area contributed by atoms with E-state index in [1.807, 2.05) is 43.3 Å². The topological polar surface area (TPSA) is 92.8 Å². The number of halogens is 1. The van der Waals surface area contributed by atoms with Gasteiger partial charge in [0.05, 0.1) is 23.5 Å². The van der Waals surface area contributed by atoms with Gasteiger partial charge >= 0.3 is 5.97 Å². The Morgan fingerprint density at radius 3 is 2.16 bits per heavy atom. The van der Waals surface area contributed by atoms with Gasteiger partial charge < -0.3 is 10.1 Å². The van der Waals surface area contributed by atoms with E-state index >= 15 is 0 Å². The Morgan fingerprint density at radius 2 is 1.59 bits per heavy atom. The summed E-state index contributed by atoms with van der Waals surface area (Å²) in [6.07, 6.45) is 1.47. The Morgan fingerprint density at radius 1 is 0.973 bits per heavy atom. The lowest BCUT2D eigenvalue weighted by atomic mass is 9.96. The van der Waals surface area contributed by atoms with Gasteiger partial charge in [0.1, 0.15) is 0 Å². The van der Waals surface area contributed by atoms with E-state index < -0.39 is 21.3 Å². The fraction of sp³-hybridized carbons (Fsp3) is 0.286. The molecular formula is C28H29BrN2O5S. The van der Waals surface area contributed by atoms with E-state index in [4.69, 9.17) is 4.74 Å². The van der Waals surface area contributed by atoms with Crippen molar-refractivity contribution in [2.45, 2.75) is 43.5 Å². The molecule has 4 rings (SSSR count). The number of benzene rings is 3. The van der Waals surface area contributed by atoms with E-state index in [1.165, 1.54) is 4.31 Å². The molecule has 0 heterocycles. The van der Waals surface area contributed by atoms with Crippen LogP contribution in [0.15, 0.2) is 82.2 Å². The smallest absolute Gasteiger partial charge is 0.316 e. The standard InChI is InChI=1S/C28H29BrN2O5S/c1-3-36-27(33)28(16-17-28)22-8-12-24(13-9-22)30-26(32)19-31(18-21-6-10-23(29)11-7-21)37(34,35)25-14-4-20(2)5-15-25/h4-15H,3,16-19H2,1-2H3,(H,30,32). The molecule has 9 heteroatoms. The number of hydrogen-bond donors (Lipinski definition) is 1. The Kier molecular flexibility index (Phi) is 8.16. The third-order valence-electron chi connectivity index (χ3n) is 6.39. The summed E-state index contributed by atoms with van der Waals surface area (Å²) in [5.74, 6) is -0.691. The van der Waals surface area contributed by atoms with Crippen molar-refractivity contribution in [1.82, 2.24) is 4.31 Å². The molecular weight excluding hydrogens is 556 g/mol. The van der Waals surface area contributed by atoms with Crippen molar-refractivity contribution in [3.8, 4) is 0 Å². The number of nitrogens with one attached hydrogen (secondary N) is 1. The molecule has 1 saturated carbocycles. The van der Waals surface area contributed by atoms with Crippen molar-refractivity contribution in [1.29, 1.82) is 0 Å². The number of amides is 1. The molecule has 1 fully saturated rings. The molecule has 1 aliphatic rings. The summed E-state index contributed by atoms with van der Waals surface area (Å²) in [7, 11) is -3.94. The number of carbonyl (C=O) groups excluding carboxylic acids is 2. The minimum Gasteiger partial charge on any atom is -0.465 e. The normalized spacial score (nSPS) is 14.3. The molecule has 0 saturated heterocycles. The minimum atomic E-state index is -3.94. The second-order valence-corrected chi connectivity index (χ2v) is 12.0. The van der Waals surface area contributed by atoms with Crippen LogP contribution in [0, 0.1) is 6.92 Å². The van der Waals surface area contributed by atoms with Crippen molar-refractivity contribution >= 4 is 43.5 Å². The second-order valence-electron chi connectivity index (χ2n) is 9.14. The van der Waals surface area contributed by atoms with Gasteiger partial charge in [-0.3, -0.25) is 9.59 Å². The third kappa shape index (κ3) is 6.29. The highest BCUT2D eigenvalue weighted by Gasteiger charge is 2.52. The lowest BCUT2D eigenvalue weighted by molar-refractivity contribution is -0.146. The van der Waals surface area contributed by atoms with E-state index in [0.29, 0.717) is 12.3 Å². The molecule has 0 atom stereocenters. The van der Waals surface area contributed by atoms with E-state index in [0.717, 1.165) is 34.0 Å². The third-order valence-corrected chi connectivity index (χ3v) is 8.72. The van der Waals surface area contributed by atoms with Crippen LogP contribution in [0.5, 0.6) is 0 Å². The van der Waals surface area contributed by atoms with Gasteiger partial charge in [-0.25, -0.2) is 8.42 Å². The highest BCUT2D eigenvalue weighted by Crippen LogP contribution is 2.49. The first kappa shape index (κ1) is 27.0. The van der Waals surface area contributed by atoms with Gasteiger partial charge in [-0.15, -0.1) is 0 Å². The zero-order valence-electron chi connectivity index (χ0n) is 20.7. The van der Waals surface area contributed by atoms with Gasteiger partial charge in [-0.05, 0) is 74.2 Å². The zero-order valence-corrected chi connectivity index (χ0v) is 23.1. The SMILES string of the molecule is CCOC(=O)C1(c2ccc(NC(=O)CN(Cc3ccc(Br)cc3)S(=O)(=O)c3ccc(C)cc3)cc2)CC1. The lowest BCUT2D eigenvalue weighted by Crippen LogP contribution is -2.37. The molecule has 37 heavy (non-hydrogen) atoms. The number of sulfonamides is 1. The van der Waals surface area contributed by atoms with Crippen LogP contribution in [-0.4, -0.2) is 37.8 Å². The maximum absolute atomic E-state index is 13.5. The van der Waals surface area contributed by atoms with Gasteiger partial charge in [0.2, 0.25) is 15.9 Å². The number of rotatable bonds is 10. The maximum Gasteiger partial charge on any atom is 0.316 e.